The third-order valence-electron chi connectivity index (χ3n) is 1.71. The number of rotatable bonds is 0. The smallest absolute Gasteiger partial charge is 0.322 e. The SMILES string of the molecule is O=C1NC(=O)C2(CSC2)N1. The Morgan fingerprint density at radius 2 is 2.10 bits per heavy atom. The molecule has 2 aliphatic heterocycles. The molecule has 2 rings (SSSR count). The molecular weight excluding hydrogens is 152 g/mol. The maximum Gasteiger partial charge on any atom is 0.322 e. The van der Waals surface area contributed by atoms with Crippen LogP contribution in [0, 0.1) is 0 Å². The molecule has 0 atom stereocenters. The number of hydrogen-bond donors (Lipinski definition) is 2. The Kier molecular flexibility index (Phi) is 1.00. The fourth-order valence-corrected chi connectivity index (χ4v) is 2.06. The quantitative estimate of drug-likeness (QED) is 0.459. The highest BCUT2D eigenvalue weighted by Crippen LogP contribution is 2.31. The molecule has 0 radical (unpaired) electrons. The predicted octanol–water partition coefficient (Wildman–Crippen LogP) is -0.689. The van der Waals surface area contributed by atoms with E-state index in [0.29, 0.717) is 11.5 Å². The van der Waals surface area contributed by atoms with E-state index in [1.54, 1.807) is 11.8 Å². The van der Waals surface area contributed by atoms with Gasteiger partial charge in [-0.2, -0.15) is 11.8 Å². The summed E-state index contributed by atoms with van der Waals surface area (Å²) < 4.78 is 0. The van der Waals surface area contributed by atoms with Gasteiger partial charge in [0.1, 0.15) is 5.54 Å². The van der Waals surface area contributed by atoms with Crippen molar-refractivity contribution >= 4 is 23.7 Å². The van der Waals surface area contributed by atoms with E-state index in [2.05, 4.69) is 10.6 Å². The van der Waals surface area contributed by atoms with E-state index in [9.17, 15) is 9.59 Å². The van der Waals surface area contributed by atoms with Crippen molar-refractivity contribution in [3.05, 3.63) is 0 Å². The summed E-state index contributed by atoms with van der Waals surface area (Å²) in [7, 11) is 0. The number of thioether (sulfide) groups is 1. The van der Waals surface area contributed by atoms with E-state index in [1.807, 2.05) is 0 Å². The molecule has 0 bridgehead atoms. The van der Waals surface area contributed by atoms with Crippen molar-refractivity contribution in [3.8, 4) is 0 Å². The molecule has 10 heavy (non-hydrogen) atoms. The van der Waals surface area contributed by atoms with Crippen LogP contribution in [0.2, 0.25) is 0 Å². The number of amides is 3. The molecule has 4 nitrogen and oxygen atoms in total. The average Bonchev–Trinajstić information content (AvgIpc) is 2.04. The fourth-order valence-electron chi connectivity index (χ4n) is 1.04. The Labute approximate surface area is 61.7 Å². The standard InChI is InChI=1S/C5H6N2O2S/c8-3-5(1-10-2-5)7-4(9)6-3/h1-2H2,(H2,6,7,8,9). The van der Waals surface area contributed by atoms with Crippen LogP contribution in [0.5, 0.6) is 0 Å². The van der Waals surface area contributed by atoms with E-state index in [-0.39, 0.29) is 11.9 Å². The molecule has 0 aromatic carbocycles. The zero-order valence-electron chi connectivity index (χ0n) is 5.14. The summed E-state index contributed by atoms with van der Waals surface area (Å²) in [6.07, 6.45) is 0. The lowest BCUT2D eigenvalue weighted by Gasteiger charge is -2.33. The lowest BCUT2D eigenvalue weighted by Crippen LogP contribution is -2.57. The van der Waals surface area contributed by atoms with E-state index >= 15 is 0 Å². The molecule has 0 aliphatic carbocycles. The summed E-state index contributed by atoms with van der Waals surface area (Å²) >= 11 is 1.66. The molecule has 2 N–H and O–H groups in total. The molecule has 2 fully saturated rings. The van der Waals surface area contributed by atoms with Gasteiger partial charge >= 0.3 is 6.03 Å². The lowest BCUT2D eigenvalue weighted by atomic mass is 10.1. The molecule has 0 aromatic heterocycles. The molecule has 2 saturated heterocycles. The highest BCUT2D eigenvalue weighted by Gasteiger charge is 2.51. The highest BCUT2D eigenvalue weighted by atomic mass is 32.2. The van der Waals surface area contributed by atoms with Crippen LogP contribution in [-0.2, 0) is 4.79 Å². The Hall–Kier alpha value is -0.710. The van der Waals surface area contributed by atoms with Crippen LogP contribution in [0.1, 0.15) is 0 Å². The van der Waals surface area contributed by atoms with Gasteiger partial charge in [0.15, 0.2) is 0 Å². The minimum atomic E-state index is -0.540. The summed E-state index contributed by atoms with van der Waals surface area (Å²) in [5.41, 5.74) is -0.540. The van der Waals surface area contributed by atoms with Crippen LogP contribution in [0.15, 0.2) is 0 Å². The zero-order valence-corrected chi connectivity index (χ0v) is 5.96. The molecule has 3 amide bonds. The van der Waals surface area contributed by atoms with Gasteiger partial charge in [-0.25, -0.2) is 4.79 Å². The Morgan fingerprint density at radius 1 is 1.40 bits per heavy atom. The van der Waals surface area contributed by atoms with Crippen molar-refractivity contribution in [3.63, 3.8) is 0 Å². The Morgan fingerprint density at radius 3 is 2.30 bits per heavy atom. The fraction of sp³-hybridized carbons (Fsp3) is 0.600. The van der Waals surface area contributed by atoms with Gasteiger partial charge in [0.2, 0.25) is 0 Å². The van der Waals surface area contributed by atoms with E-state index in [1.165, 1.54) is 0 Å². The molecule has 0 saturated carbocycles. The van der Waals surface area contributed by atoms with Gasteiger partial charge in [-0.3, -0.25) is 10.1 Å². The highest BCUT2D eigenvalue weighted by molar-refractivity contribution is 8.01. The van der Waals surface area contributed by atoms with Gasteiger partial charge in [-0.1, -0.05) is 0 Å². The molecule has 0 unspecified atom stereocenters. The van der Waals surface area contributed by atoms with Crippen molar-refractivity contribution in [2.45, 2.75) is 5.54 Å². The predicted molar refractivity (Wildman–Crippen MR) is 36.7 cm³/mol. The number of carbonyl (C=O) groups is 2. The second kappa shape index (κ2) is 1.66. The van der Waals surface area contributed by atoms with Gasteiger partial charge in [0.05, 0.1) is 0 Å². The second-order valence-corrected chi connectivity index (χ2v) is 3.47. The summed E-state index contributed by atoms with van der Waals surface area (Å²) in [5, 5.41) is 4.80. The third kappa shape index (κ3) is 0.581. The number of imide groups is 1. The summed E-state index contributed by atoms with van der Waals surface area (Å²) in [5.74, 6) is 1.26. The number of carbonyl (C=O) groups excluding carboxylic acids is 2. The summed E-state index contributed by atoms with van der Waals surface area (Å²) in [6, 6.07) is -0.356. The van der Waals surface area contributed by atoms with Gasteiger partial charge < -0.3 is 5.32 Å². The first-order valence-electron chi connectivity index (χ1n) is 2.94. The third-order valence-corrected chi connectivity index (χ3v) is 3.11. The van der Waals surface area contributed by atoms with E-state index < -0.39 is 5.54 Å². The Bertz CT molecular complexity index is 212. The van der Waals surface area contributed by atoms with Gasteiger partial charge in [-0.15, -0.1) is 0 Å². The van der Waals surface area contributed by atoms with Gasteiger partial charge in [-0.05, 0) is 0 Å². The van der Waals surface area contributed by atoms with Crippen molar-refractivity contribution in [1.82, 2.24) is 10.6 Å². The number of urea groups is 1. The monoisotopic (exact) mass is 158 g/mol. The van der Waals surface area contributed by atoms with E-state index in [4.69, 9.17) is 0 Å². The van der Waals surface area contributed by atoms with Crippen LogP contribution in [0.4, 0.5) is 4.79 Å². The molecule has 2 heterocycles. The van der Waals surface area contributed by atoms with Crippen molar-refractivity contribution < 1.29 is 9.59 Å². The van der Waals surface area contributed by atoms with Crippen LogP contribution in [-0.4, -0.2) is 29.0 Å². The van der Waals surface area contributed by atoms with Crippen molar-refractivity contribution in [2.24, 2.45) is 0 Å². The minimum absolute atomic E-state index is 0.170. The summed E-state index contributed by atoms with van der Waals surface area (Å²) in [6.45, 7) is 0. The van der Waals surface area contributed by atoms with Crippen LogP contribution in [0.25, 0.3) is 0 Å². The van der Waals surface area contributed by atoms with Crippen molar-refractivity contribution in [1.29, 1.82) is 0 Å². The van der Waals surface area contributed by atoms with E-state index in [0.717, 1.165) is 0 Å². The average molecular weight is 158 g/mol. The first kappa shape index (κ1) is 6.03. The van der Waals surface area contributed by atoms with Crippen LogP contribution in [0.3, 0.4) is 0 Å². The summed E-state index contributed by atoms with van der Waals surface area (Å²) in [4.78, 5) is 21.6. The first-order valence-corrected chi connectivity index (χ1v) is 4.10. The molecule has 2 aliphatic rings. The van der Waals surface area contributed by atoms with Crippen molar-refractivity contribution in [2.75, 3.05) is 11.5 Å². The van der Waals surface area contributed by atoms with Gasteiger partial charge in [0.25, 0.3) is 5.91 Å². The number of nitrogens with one attached hydrogen (secondary N) is 2. The molecule has 1 spiro atoms. The van der Waals surface area contributed by atoms with Crippen LogP contribution < -0.4 is 10.6 Å². The lowest BCUT2D eigenvalue weighted by molar-refractivity contribution is -0.122. The van der Waals surface area contributed by atoms with Crippen LogP contribution >= 0.6 is 11.8 Å². The molecule has 0 aromatic rings. The zero-order chi connectivity index (χ0) is 7.19. The minimum Gasteiger partial charge on any atom is -0.322 e. The largest absolute Gasteiger partial charge is 0.322 e. The maximum absolute atomic E-state index is 11.0. The second-order valence-electron chi connectivity index (χ2n) is 2.48. The maximum atomic E-state index is 11.0. The first-order chi connectivity index (χ1) is 4.73. The molecular formula is C5H6N2O2S. The molecule has 5 heteroatoms. The Balaban J connectivity index is 2.23. The van der Waals surface area contributed by atoms with Gasteiger partial charge in [0, 0.05) is 11.5 Å². The number of hydrogen-bond acceptors (Lipinski definition) is 3. The topological polar surface area (TPSA) is 58.2 Å². The normalized spacial score (nSPS) is 27.6. The molecule has 54 valence electrons.